The summed E-state index contributed by atoms with van der Waals surface area (Å²) in [6.45, 7) is 2.02. The van der Waals surface area contributed by atoms with Gasteiger partial charge in [-0.15, -0.1) is 0 Å². The minimum absolute atomic E-state index is 0.0323. The molecule has 0 fully saturated rings. The van der Waals surface area contributed by atoms with Crippen molar-refractivity contribution in [2.24, 2.45) is 0 Å². The summed E-state index contributed by atoms with van der Waals surface area (Å²) in [7, 11) is 1.61. The lowest BCUT2D eigenvalue weighted by Crippen LogP contribution is -2.01. The van der Waals surface area contributed by atoms with E-state index in [9.17, 15) is 14.9 Å². The molecule has 0 aliphatic carbocycles. The van der Waals surface area contributed by atoms with E-state index in [4.69, 9.17) is 4.74 Å². The van der Waals surface area contributed by atoms with Crippen LogP contribution >= 0.6 is 0 Å². The molecule has 0 aliphatic rings. The minimum atomic E-state index is -0.484. The number of nitrogens with one attached hydrogen (secondary N) is 1. The third-order valence-corrected chi connectivity index (χ3v) is 2.23. The highest BCUT2D eigenvalue weighted by Gasteiger charge is 2.12. The maximum Gasteiger partial charge on any atom is 0.317 e. The fraction of sp³-hybridized carbons (Fsp3) is 0.308. The first-order valence-electron chi connectivity index (χ1n) is 5.69. The van der Waals surface area contributed by atoms with Crippen LogP contribution < -0.4 is 5.32 Å². The second-order valence-corrected chi connectivity index (χ2v) is 3.52. The lowest BCUT2D eigenvalue weighted by Gasteiger charge is -2.01. The number of nitro groups is 1. The average Bonchev–Trinajstić information content (AvgIpc) is 2.38. The summed E-state index contributed by atoms with van der Waals surface area (Å²) in [5, 5.41) is 13.6. The van der Waals surface area contributed by atoms with E-state index in [1.807, 2.05) is 0 Å². The molecule has 0 saturated carbocycles. The summed E-state index contributed by atoms with van der Waals surface area (Å²) in [5.74, 6) is 4.91. The Morgan fingerprint density at radius 3 is 2.84 bits per heavy atom. The van der Waals surface area contributed by atoms with Gasteiger partial charge in [0.2, 0.25) is 0 Å². The molecule has 1 rings (SSSR count). The molecular weight excluding hydrogens is 248 g/mol. The lowest BCUT2D eigenvalue weighted by molar-refractivity contribution is -0.384. The van der Waals surface area contributed by atoms with E-state index in [1.165, 1.54) is 6.07 Å². The van der Waals surface area contributed by atoms with Crippen LogP contribution in [0.4, 0.5) is 11.4 Å². The zero-order valence-electron chi connectivity index (χ0n) is 10.7. The van der Waals surface area contributed by atoms with Gasteiger partial charge in [-0.3, -0.25) is 14.9 Å². The number of rotatable bonds is 4. The first-order valence-corrected chi connectivity index (χ1v) is 5.69. The van der Waals surface area contributed by atoms with Crippen molar-refractivity contribution in [3.63, 3.8) is 0 Å². The maximum absolute atomic E-state index is 11.1. The van der Waals surface area contributed by atoms with Gasteiger partial charge in [0.25, 0.3) is 5.69 Å². The third kappa shape index (κ3) is 4.32. The average molecular weight is 262 g/mol. The Labute approximate surface area is 110 Å². The van der Waals surface area contributed by atoms with Crippen LogP contribution in [0.5, 0.6) is 0 Å². The van der Waals surface area contributed by atoms with E-state index in [0.29, 0.717) is 17.9 Å². The zero-order chi connectivity index (χ0) is 14.3. The zero-order valence-corrected chi connectivity index (χ0v) is 10.7. The normalized spacial score (nSPS) is 9.16. The number of hydrogen-bond donors (Lipinski definition) is 1. The van der Waals surface area contributed by atoms with Crippen molar-refractivity contribution in [3.8, 4) is 11.8 Å². The molecule has 1 aromatic carbocycles. The number of carbonyl (C=O) groups excluding carboxylic acids is 1. The molecule has 100 valence electrons. The summed E-state index contributed by atoms with van der Waals surface area (Å²) >= 11 is 0. The Hall–Kier alpha value is -2.55. The Balaban J connectivity index is 2.86. The van der Waals surface area contributed by atoms with Crippen molar-refractivity contribution in [3.05, 3.63) is 33.9 Å². The van der Waals surface area contributed by atoms with Crippen molar-refractivity contribution in [2.75, 3.05) is 19.0 Å². The van der Waals surface area contributed by atoms with E-state index in [1.54, 1.807) is 26.1 Å². The van der Waals surface area contributed by atoms with Crippen LogP contribution in [0.15, 0.2) is 18.2 Å². The summed E-state index contributed by atoms with van der Waals surface area (Å²) < 4.78 is 4.72. The molecule has 0 bridgehead atoms. The van der Waals surface area contributed by atoms with Crippen LogP contribution in [0.1, 0.15) is 18.9 Å². The quantitative estimate of drug-likeness (QED) is 0.388. The number of nitrogens with zero attached hydrogens (tertiary/aromatic N) is 1. The van der Waals surface area contributed by atoms with Gasteiger partial charge in [0.05, 0.1) is 11.5 Å². The molecule has 6 nitrogen and oxygen atoms in total. The molecule has 0 aliphatic heterocycles. The number of carbonyl (C=O) groups is 1. The maximum atomic E-state index is 11.1. The SMILES string of the molecule is CCOC(=O)CC#Cc1ccc(NC)c([N+](=O)[O-])c1. The van der Waals surface area contributed by atoms with Gasteiger partial charge in [0.1, 0.15) is 12.1 Å². The van der Waals surface area contributed by atoms with Gasteiger partial charge >= 0.3 is 5.97 Å². The van der Waals surface area contributed by atoms with E-state index in [-0.39, 0.29) is 12.1 Å². The van der Waals surface area contributed by atoms with Crippen LogP contribution in [0.25, 0.3) is 0 Å². The molecule has 6 heteroatoms. The molecule has 0 saturated heterocycles. The van der Waals surface area contributed by atoms with Crippen molar-refractivity contribution in [1.29, 1.82) is 0 Å². The van der Waals surface area contributed by atoms with Crippen molar-refractivity contribution in [1.82, 2.24) is 0 Å². The van der Waals surface area contributed by atoms with Gasteiger partial charge in [-0.1, -0.05) is 11.8 Å². The van der Waals surface area contributed by atoms with Crippen LogP contribution in [-0.2, 0) is 9.53 Å². The highest BCUT2D eigenvalue weighted by atomic mass is 16.6. The Morgan fingerprint density at radius 2 is 2.26 bits per heavy atom. The topological polar surface area (TPSA) is 81.5 Å². The number of hydrogen-bond acceptors (Lipinski definition) is 5. The lowest BCUT2D eigenvalue weighted by atomic mass is 10.1. The Morgan fingerprint density at radius 1 is 1.53 bits per heavy atom. The first-order chi connectivity index (χ1) is 9.08. The fourth-order valence-electron chi connectivity index (χ4n) is 1.40. The second kappa shape index (κ2) is 7.01. The summed E-state index contributed by atoms with van der Waals surface area (Å²) in [5.41, 5.74) is 0.848. The van der Waals surface area contributed by atoms with Gasteiger partial charge < -0.3 is 10.1 Å². The molecule has 1 N–H and O–H groups in total. The highest BCUT2D eigenvalue weighted by Crippen LogP contribution is 2.24. The van der Waals surface area contributed by atoms with Crippen molar-refractivity contribution >= 4 is 17.3 Å². The molecule has 0 aromatic heterocycles. The number of esters is 1. The predicted octanol–water partition coefficient (Wildman–Crippen LogP) is 1.94. The second-order valence-electron chi connectivity index (χ2n) is 3.52. The van der Waals surface area contributed by atoms with Gasteiger partial charge in [0, 0.05) is 18.7 Å². The van der Waals surface area contributed by atoms with Crippen molar-refractivity contribution < 1.29 is 14.5 Å². The number of ether oxygens (including phenoxy) is 1. The van der Waals surface area contributed by atoms with Crippen LogP contribution in [0.2, 0.25) is 0 Å². The summed E-state index contributed by atoms with van der Waals surface area (Å²) in [6, 6.07) is 4.59. The molecule has 0 amide bonds. The monoisotopic (exact) mass is 262 g/mol. The van der Waals surface area contributed by atoms with Crippen molar-refractivity contribution in [2.45, 2.75) is 13.3 Å². The molecule has 0 radical (unpaired) electrons. The molecule has 0 spiro atoms. The highest BCUT2D eigenvalue weighted by molar-refractivity contribution is 5.72. The van der Waals surface area contributed by atoms with E-state index < -0.39 is 10.9 Å². The van der Waals surface area contributed by atoms with E-state index in [0.717, 1.165) is 0 Å². The fourth-order valence-corrected chi connectivity index (χ4v) is 1.40. The number of nitro benzene ring substituents is 1. The smallest absolute Gasteiger partial charge is 0.317 e. The molecule has 0 atom stereocenters. The molecular formula is C13H14N2O4. The molecule has 1 aromatic rings. The first kappa shape index (κ1) is 14.5. The van der Waals surface area contributed by atoms with Crippen LogP contribution in [0.3, 0.4) is 0 Å². The minimum Gasteiger partial charge on any atom is -0.465 e. The Bertz CT molecular complexity index is 543. The molecule has 0 heterocycles. The van der Waals surface area contributed by atoms with E-state index >= 15 is 0 Å². The largest absolute Gasteiger partial charge is 0.465 e. The van der Waals surface area contributed by atoms with Gasteiger partial charge in [-0.2, -0.15) is 0 Å². The Kier molecular flexibility index (Phi) is 5.35. The van der Waals surface area contributed by atoms with Gasteiger partial charge in [0.15, 0.2) is 0 Å². The van der Waals surface area contributed by atoms with Gasteiger partial charge in [-0.25, -0.2) is 0 Å². The van der Waals surface area contributed by atoms with E-state index in [2.05, 4.69) is 17.2 Å². The standard InChI is InChI=1S/C13H14N2O4/c1-3-19-13(16)6-4-5-10-7-8-11(14-2)12(9-10)15(17)18/h7-9,14H,3,6H2,1-2H3. The van der Waals surface area contributed by atoms with Crippen LogP contribution in [0, 0.1) is 22.0 Å². The summed E-state index contributed by atoms with van der Waals surface area (Å²) in [6.07, 6.45) is -0.0323. The summed E-state index contributed by atoms with van der Waals surface area (Å²) in [4.78, 5) is 21.4. The predicted molar refractivity (Wildman–Crippen MR) is 70.8 cm³/mol. The molecule has 0 unspecified atom stereocenters. The number of anilines is 1. The van der Waals surface area contributed by atoms with Crippen LogP contribution in [-0.4, -0.2) is 24.5 Å². The third-order valence-electron chi connectivity index (χ3n) is 2.23. The van der Waals surface area contributed by atoms with Gasteiger partial charge in [-0.05, 0) is 19.1 Å². The molecule has 19 heavy (non-hydrogen) atoms. The number of benzene rings is 1.